The minimum absolute atomic E-state index is 0.00144. The van der Waals surface area contributed by atoms with E-state index in [9.17, 15) is 13.8 Å². The normalized spacial score (nSPS) is 30.9. The number of benzene rings is 2. The van der Waals surface area contributed by atoms with Crippen LogP contribution in [-0.4, -0.2) is 54.7 Å². The van der Waals surface area contributed by atoms with E-state index in [1.54, 1.807) is 20.1 Å². The number of hydrogen-bond acceptors (Lipinski definition) is 6. The molecule has 0 aromatic heterocycles. The molecule has 9 heteroatoms. The van der Waals surface area contributed by atoms with Crippen LogP contribution in [0.5, 0.6) is 5.75 Å². The molecule has 0 radical (unpaired) electrons. The van der Waals surface area contributed by atoms with E-state index >= 15 is 0 Å². The average molecular weight is 620 g/mol. The molecular weight excluding hydrogens is 574 g/mol. The van der Waals surface area contributed by atoms with Gasteiger partial charge in [-0.1, -0.05) is 42.8 Å². The SMILES string of the molecule is CCC(=O)NS1(=O)=NC(=O)c2ccc3c(c2)N(C[C@@H]2CC[C@H]2[C@@H](OC)/C=C/CCC1)C[C@@]1(CCCc2cc(C)ccc21)CO3. The van der Waals surface area contributed by atoms with Crippen LogP contribution >= 0.6 is 0 Å². The summed E-state index contributed by atoms with van der Waals surface area (Å²) in [6.45, 7) is 6.02. The molecule has 0 saturated heterocycles. The zero-order chi connectivity index (χ0) is 30.9. The van der Waals surface area contributed by atoms with E-state index in [1.807, 2.05) is 12.1 Å². The summed E-state index contributed by atoms with van der Waals surface area (Å²) in [5, 5.41) is 0. The lowest BCUT2D eigenvalue weighted by Gasteiger charge is -2.46. The van der Waals surface area contributed by atoms with Gasteiger partial charge in [0.2, 0.25) is 5.91 Å². The molecule has 1 N–H and O–H groups in total. The van der Waals surface area contributed by atoms with Crippen molar-refractivity contribution in [3.05, 3.63) is 70.8 Å². The zero-order valence-electron chi connectivity index (χ0n) is 26.2. The van der Waals surface area contributed by atoms with Crippen LogP contribution in [0.1, 0.15) is 78.9 Å². The lowest BCUT2D eigenvalue weighted by molar-refractivity contribution is -0.118. The lowest BCUT2D eigenvalue weighted by Crippen LogP contribution is -2.49. The zero-order valence-corrected chi connectivity index (χ0v) is 27.0. The van der Waals surface area contributed by atoms with Gasteiger partial charge < -0.3 is 14.4 Å². The number of ether oxygens (including phenoxy) is 2. The molecule has 1 saturated carbocycles. The molecule has 1 unspecified atom stereocenters. The quantitative estimate of drug-likeness (QED) is 0.429. The molecule has 2 aromatic carbocycles. The first-order chi connectivity index (χ1) is 21.2. The fourth-order valence-corrected chi connectivity index (χ4v) is 9.19. The number of carbonyl (C=O) groups excluding carboxylic acids is 2. The summed E-state index contributed by atoms with van der Waals surface area (Å²) in [4.78, 5) is 28.3. The van der Waals surface area contributed by atoms with Crippen molar-refractivity contribution < 1.29 is 23.3 Å². The van der Waals surface area contributed by atoms with Crippen molar-refractivity contribution in [2.45, 2.75) is 76.7 Å². The Morgan fingerprint density at radius 2 is 2.07 bits per heavy atom. The molecule has 2 heterocycles. The first kappa shape index (κ1) is 30.8. The van der Waals surface area contributed by atoms with Gasteiger partial charge in [-0.05, 0) is 93.0 Å². The number of aryl methyl sites for hydroxylation is 2. The molecule has 5 atom stereocenters. The summed E-state index contributed by atoms with van der Waals surface area (Å²) in [6.07, 6.45) is 11.0. The summed E-state index contributed by atoms with van der Waals surface area (Å²) < 4.78 is 33.1. The Hall–Kier alpha value is -3.17. The van der Waals surface area contributed by atoms with Crippen LogP contribution < -0.4 is 14.4 Å². The number of fused-ring (bicyclic) bond motifs is 4. The number of nitrogens with zero attached hydrogens (tertiary/aromatic N) is 2. The molecule has 2 aliphatic heterocycles. The van der Waals surface area contributed by atoms with Gasteiger partial charge in [0.15, 0.2) is 0 Å². The van der Waals surface area contributed by atoms with E-state index in [0.717, 1.165) is 56.6 Å². The molecule has 6 rings (SSSR count). The third-order valence-corrected chi connectivity index (χ3v) is 11.9. The Balaban J connectivity index is 1.44. The van der Waals surface area contributed by atoms with Gasteiger partial charge in [0.05, 0.1) is 24.2 Å². The Kier molecular flexibility index (Phi) is 8.88. The molecule has 2 aliphatic carbocycles. The van der Waals surface area contributed by atoms with Gasteiger partial charge in [-0.3, -0.25) is 14.3 Å². The highest BCUT2D eigenvalue weighted by atomic mass is 32.2. The predicted molar refractivity (Wildman–Crippen MR) is 174 cm³/mol. The van der Waals surface area contributed by atoms with Gasteiger partial charge in [0, 0.05) is 37.6 Å². The number of amides is 2. The van der Waals surface area contributed by atoms with Crippen LogP contribution in [0.25, 0.3) is 0 Å². The molecular formula is C35H45N3O5S. The monoisotopic (exact) mass is 619 g/mol. The first-order valence-electron chi connectivity index (χ1n) is 16.1. The standard InChI is InChI=1S/C35H45N3O5S/c1-4-33(39)36-44(41)18-7-5-6-10-31(42-3)28-14-12-27(28)21-38-22-35(17-8-9-25-19-24(2)11-15-29(25)35)23-43-32-16-13-26(20-30(32)38)34(40)37-44/h6,10-11,13,15-16,19-20,27-28,31H,4-5,7-9,12,14,17-18,21-23H2,1-3H3,(H,36,37,39,40,41)/b10-6+/t27-,28+,31-,35-,44?/m0/s1. The van der Waals surface area contributed by atoms with E-state index in [2.05, 4.69) is 51.3 Å². The van der Waals surface area contributed by atoms with Crippen LogP contribution in [0.3, 0.4) is 0 Å². The van der Waals surface area contributed by atoms with Crippen molar-refractivity contribution in [1.82, 2.24) is 4.72 Å². The topological polar surface area (TPSA) is 97.3 Å². The second-order valence-electron chi connectivity index (χ2n) is 13.0. The molecule has 2 bridgehead atoms. The van der Waals surface area contributed by atoms with Crippen LogP contribution in [0, 0.1) is 18.8 Å². The maximum atomic E-state index is 13.8. The number of rotatable bonds is 3. The van der Waals surface area contributed by atoms with Crippen molar-refractivity contribution >= 4 is 27.4 Å². The Morgan fingerprint density at radius 1 is 1.20 bits per heavy atom. The summed E-state index contributed by atoms with van der Waals surface area (Å²) in [6, 6.07) is 12.3. The number of allylic oxidation sites excluding steroid dienone is 1. The number of nitrogens with one attached hydrogen (secondary N) is 1. The molecule has 2 amide bonds. The Labute approximate surface area is 261 Å². The van der Waals surface area contributed by atoms with Crippen molar-refractivity contribution in [2.24, 2.45) is 16.2 Å². The van der Waals surface area contributed by atoms with Gasteiger partial charge in [-0.2, -0.15) is 0 Å². The smallest absolute Gasteiger partial charge is 0.286 e. The third-order valence-electron chi connectivity index (χ3n) is 10.0. The highest BCUT2D eigenvalue weighted by Gasteiger charge is 2.44. The van der Waals surface area contributed by atoms with Gasteiger partial charge in [-0.25, -0.2) is 4.21 Å². The Bertz CT molecular complexity index is 1580. The summed E-state index contributed by atoms with van der Waals surface area (Å²) in [5.74, 6) is 0.699. The Morgan fingerprint density at radius 3 is 2.84 bits per heavy atom. The maximum Gasteiger partial charge on any atom is 0.286 e. The fraction of sp³-hybridized carbons (Fsp3) is 0.543. The van der Waals surface area contributed by atoms with E-state index in [0.29, 0.717) is 36.8 Å². The van der Waals surface area contributed by atoms with Gasteiger partial charge >= 0.3 is 0 Å². The van der Waals surface area contributed by atoms with Crippen LogP contribution in [-0.2, 0) is 31.3 Å². The number of anilines is 1. The van der Waals surface area contributed by atoms with Crippen molar-refractivity contribution in [3.63, 3.8) is 0 Å². The van der Waals surface area contributed by atoms with Crippen molar-refractivity contribution in [1.29, 1.82) is 0 Å². The van der Waals surface area contributed by atoms with Gasteiger partial charge in [0.25, 0.3) is 5.91 Å². The third kappa shape index (κ3) is 6.18. The van der Waals surface area contributed by atoms with E-state index in [1.165, 1.54) is 16.7 Å². The summed E-state index contributed by atoms with van der Waals surface area (Å²) in [5.41, 5.74) is 5.10. The van der Waals surface area contributed by atoms with E-state index in [-0.39, 0.29) is 29.6 Å². The summed E-state index contributed by atoms with van der Waals surface area (Å²) in [7, 11) is -1.51. The van der Waals surface area contributed by atoms with Gasteiger partial charge in [0.1, 0.15) is 15.7 Å². The van der Waals surface area contributed by atoms with E-state index in [4.69, 9.17) is 9.47 Å². The second-order valence-corrected chi connectivity index (χ2v) is 15.1. The highest BCUT2D eigenvalue weighted by molar-refractivity contribution is 7.92. The van der Waals surface area contributed by atoms with Crippen molar-refractivity contribution in [2.75, 3.05) is 37.5 Å². The second kappa shape index (κ2) is 12.7. The minimum Gasteiger partial charge on any atom is -0.490 e. The molecule has 4 aliphatic rings. The minimum atomic E-state index is -3.29. The number of hydrogen-bond donors (Lipinski definition) is 1. The fourth-order valence-electron chi connectivity index (χ4n) is 7.52. The molecule has 44 heavy (non-hydrogen) atoms. The summed E-state index contributed by atoms with van der Waals surface area (Å²) >= 11 is 0. The molecule has 236 valence electrons. The largest absolute Gasteiger partial charge is 0.490 e. The molecule has 2 aromatic rings. The van der Waals surface area contributed by atoms with Crippen LogP contribution in [0.2, 0.25) is 0 Å². The highest BCUT2D eigenvalue weighted by Crippen LogP contribution is 2.46. The molecule has 1 fully saturated rings. The van der Waals surface area contributed by atoms with Crippen molar-refractivity contribution in [3.8, 4) is 5.75 Å². The predicted octanol–water partition coefficient (Wildman–Crippen LogP) is 5.91. The molecule has 1 spiro atoms. The van der Waals surface area contributed by atoms with Crippen LogP contribution in [0.15, 0.2) is 52.9 Å². The first-order valence-corrected chi connectivity index (χ1v) is 17.8. The van der Waals surface area contributed by atoms with Gasteiger partial charge in [-0.15, -0.1) is 4.36 Å². The number of methoxy groups -OCH3 is 1. The maximum absolute atomic E-state index is 13.8. The molecule has 8 nitrogen and oxygen atoms in total. The number of carbonyl (C=O) groups is 2. The lowest BCUT2D eigenvalue weighted by atomic mass is 9.68. The van der Waals surface area contributed by atoms with Crippen LogP contribution in [0.4, 0.5) is 5.69 Å². The van der Waals surface area contributed by atoms with E-state index < -0.39 is 15.8 Å². The average Bonchev–Trinajstić information content (AvgIpc) is 3.14.